The Kier molecular flexibility index (Phi) is 5.34. The number of rotatable bonds is 3. The van der Waals surface area contributed by atoms with E-state index in [1.807, 2.05) is 27.7 Å². The second kappa shape index (κ2) is 5.49. The average molecular weight is 219 g/mol. The van der Waals surface area contributed by atoms with Crippen LogP contribution < -0.4 is 0 Å². The number of carbonyl (C=O) groups is 1. The molecular weight excluding hydrogens is 198 g/mol. The van der Waals surface area contributed by atoms with Crippen molar-refractivity contribution < 1.29 is 9.53 Å². The van der Waals surface area contributed by atoms with Crippen LogP contribution >= 0.6 is 12.6 Å². The Labute approximate surface area is 92.2 Å². The standard InChI is InChI=1S/C10H21NO2S/c1-8(14)6-7-11(5)9(12)13-10(2,3)4/h8,14H,6-7H2,1-5H3. The third-order valence-electron chi connectivity index (χ3n) is 1.59. The quantitative estimate of drug-likeness (QED) is 0.739. The summed E-state index contributed by atoms with van der Waals surface area (Å²) in [4.78, 5) is 13.0. The molecule has 84 valence electrons. The van der Waals surface area contributed by atoms with Gasteiger partial charge in [0.25, 0.3) is 0 Å². The Morgan fingerprint density at radius 1 is 1.50 bits per heavy atom. The molecule has 0 fully saturated rings. The largest absolute Gasteiger partial charge is 0.444 e. The molecule has 0 aliphatic heterocycles. The van der Waals surface area contributed by atoms with Crippen LogP contribution in [-0.4, -0.2) is 35.4 Å². The second-order valence-electron chi connectivity index (χ2n) is 4.54. The van der Waals surface area contributed by atoms with Gasteiger partial charge in [0, 0.05) is 18.8 Å². The summed E-state index contributed by atoms with van der Waals surface area (Å²) < 4.78 is 5.19. The third-order valence-corrected chi connectivity index (χ3v) is 1.85. The lowest BCUT2D eigenvalue weighted by Crippen LogP contribution is -2.35. The molecule has 3 nitrogen and oxygen atoms in total. The van der Waals surface area contributed by atoms with Gasteiger partial charge in [-0.3, -0.25) is 0 Å². The number of ether oxygens (including phenoxy) is 1. The highest BCUT2D eigenvalue weighted by atomic mass is 32.1. The first-order valence-electron chi connectivity index (χ1n) is 4.84. The van der Waals surface area contributed by atoms with E-state index in [9.17, 15) is 4.79 Å². The zero-order valence-electron chi connectivity index (χ0n) is 9.70. The van der Waals surface area contributed by atoms with Crippen molar-refractivity contribution in [2.24, 2.45) is 0 Å². The Morgan fingerprint density at radius 3 is 2.36 bits per heavy atom. The first-order valence-corrected chi connectivity index (χ1v) is 5.36. The van der Waals surface area contributed by atoms with E-state index in [1.165, 1.54) is 0 Å². The molecule has 1 unspecified atom stereocenters. The predicted molar refractivity (Wildman–Crippen MR) is 61.9 cm³/mol. The van der Waals surface area contributed by atoms with E-state index in [4.69, 9.17) is 4.74 Å². The summed E-state index contributed by atoms with van der Waals surface area (Å²) in [6.45, 7) is 8.27. The Balaban J connectivity index is 3.88. The van der Waals surface area contributed by atoms with Crippen molar-refractivity contribution in [3.8, 4) is 0 Å². The molecule has 0 saturated heterocycles. The minimum Gasteiger partial charge on any atom is -0.444 e. The lowest BCUT2D eigenvalue weighted by molar-refractivity contribution is 0.0297. The summed E-state index contributed by atoms with van der Waals surface area (Å²) in [5.41, 5.74) is -0.419. The van der Waals surface area contributed by atoms with E-state index in [-0.39, 0.29) is 6.09 Å². The molecule has 0 aromatic heterocycles. The normalized spacial score (nSPS) is 13.6. The van der Waals surface area contributed by atoms with Crippen LogP contribution in [0, 0.1) is 0 Å². The molecule has 0 rings (SSSR count). The van der Waals surface area contributed by atoms with Crippen LogP contribution in [0.5, 0.6) is 0 Å². The van der Waals surface area contributed by atoms with Gasteiger partial charge in [-0.15, -0.1) is 0 Å². The van der Waals surface area contributed by atoms with Gasteiger partial charge in [0.1, 0.15) is 5.60 Å². The smallest absolute Gasteiger partial charge is 0.410 e. The topological polar surface area (TPSA) is 29.5 Å². The predicted octanol–water partition coefficient (Wildman–Crippen LogP) is 2.56. The van der Waals surface area contributed by atoms with Crippen molar-refractivity contribution in [3.05, 3.63) is 0 Å². The SMILES string of the molecule is CC(S)CCN(C)C(=O)OC(C)(C)C. The maximum atomic E-state index is 11.4. The van der Waals surface area contributed by atoms with E-state index in [0.29, 0.717) is 11.8 Å². The van der Waals surface area contributed by atoms with Crippen molar-refractivity contribution in [2.75, 3.05) is 13.6 Å². The molecule has 1 atom stereocenters. The zero-order valence-corrected chi connectivity index (χ0v) is 10.6. The number of thiol groups is 1. The van der Waals surface area contributed by atoms with Gasteiger partial charge in [-0.1, -0.05) is 6.92 Å². The molecule has 14 heavy (non-hydrogen) atoms. The molecule has 0 aliphatic rings. The van der Waals surface area contributed by atoms with Crippen LogP contribution in [0.3, 0.4) is 0 Å². The summed E-state index contributed by atoms with van der Waals surface area (Å²) in [6, 6.07) is 0. The van der Waals surface area contributed by atoms with Crippen LogP contribution in [0.4, 0.5) is 4.79 Å². The van der Waals surface area contributed by atoms with Gasteiger partial charge < -0.3 is 9.64 Å². The zero-order chi connectivity index (χ0) is 11.4. The summed E-state index contributed by atoms with van der Waals surface area (Å²) in [5.74, 6) is 0. The first-order chi connectivity index (χ1) is 6.22. The fourth-order valence-corrected chi connectivity index (χ4v) is 0.927. The van der Waals surface area contributed by atoms with E-state index in [0.717, 1.165) is 6.42 Å². The Hall–Kier alpha value is -0.380. The lowest BCUT2D eigenvalue weighted by atomic mass is 10.2. The van der Waals surface area contributed by atoms with Crippen molar-refractivity contribution in [3.63, 3.8) is 0 Å². The number of amides is 1. The van der Waals surface area contributed by atoms with E-state index >= 15 is 0 Å². The van der Waals surface area contributed by atoms with Gasteiger partial charge in [-0.2, -0.15) is 12.6 Å². The molecule has 0 bridgehead atoms. The first kappa shape index (κ1) is 13.6. The molecule has 0 aliphatic carbocycles. The number of carbonyl (C=O) groups excluding carboxylic acids is 1. The highest BCUT2D eigenvalue weighted by molar-refractivity contribution is 7.80. The molecule has 4 heteroatoms. The van der Waals surface area contributed by atoms with Crippen LogP contribution in [-0.2, 0) is 4.74 Å². The minimum atomic E-state index is -0.419. The van der Waals surface area contributed by atoms with Gasteiger partial charge in [0.2, 0.25) is 0 Å². The van der Waals surface area contributed by atoms with E-state index in [2.05, 4.69) is 12.6 Å². The van der Waals surface area contributed by atoms with Crippen LogP contribution in [0.2, 0.25) is 0 Å². The van der Waals surface area contributed by atoms with Gasteiger partial charge >= 0.3 is 6.09 Å². The molecular formula is C10H21NO2S. The molecule has 0 heterocycles. The van der Waals surface area contributed by atoms with Crippen molar-refractivity contribution >= 4 is 18.7 Å². The minimum absolute atomic E-state index is 0.272. The van der Waals surface area contributed by atoms with Crippen molar-refractivity contribution in [1.29, 1.82) is 0 Å². The monoisotopic (exact) mass is 219 g/mol. The number of hydrogen-bond acceptors (Lipinski definition) is 3. The summed E-state index contributed by atoms with van der Waals surface area (Å²) in [7, 11) is 1.74. The van der Waals surface area contributed by atoms with E-state index < -0.39 is 5.60 Å². The van der Waals surface area contributed by atoms with Crippen molar-refractivity contribution in [1.82, 2.24) is 4.90 Å². The van der Waals surface area contributed by atoms with E-state index in [1.54, 1.807) is 11.9 Å². The van der Waals surface area contributed by atoms with Crippen LogP contribution in [0.1, 0.15) is 34.1 Å². The third kappa shape index (κ3) is 7.06. The highest BCUT2D eigenvalue weighted by Gasteiger charge is 2.19. The molecule has 0 aromatic rings. The Bertz CT molecular complexity index is 187. The Morgan fingerprint density at radius 2 is 2.00 bits per heavy atom. The van der Waals surface area contributed by atoms with Crippen molar-refractivity contribution in [2.45, 2.75) is 45.0 Å². The molecule has 0 radical (unpaired) electrons. The second-order valence-corrected chi connectivity index (χ2v) is 5.42. The lowest BCUT2D eigenvalue weighted by Gasteiger charge is -2.24. The summed E-state index contributed by atoms with van der Waals surface area (Å²) >= 11 is 4.25. The van der Waals surface area contributed by atoms with Crippen LogP contribution in [0.15, 0.2) is 0 Å². The fraction of sp³-hybridized carbons (Fsp3) is 0.900. The number of nitrogens with zero attached hydrogens (tertiary/aromatic N) is 1. The fourth-order valence-electron chi connectivity index (χ4n) is 0.812. The van der Waals surface area contributed by atoms with Gasteiger partial charge in [-0.25, -0.2) is 4.79 Å². The molecule has 0 spiro atoms. The van der Waals surface area contributed by atoms with Crippen LogP contribution in [0.25, 0.3) is 0 Å². The summed E-state index contributed by atoms with van der Waals surface area (Å²) in [6.07, 6.45) is 0.602. The maximum absolute atomic E-state index is 11.4. The molecule has 0 saturated carbocycles. The highest BCUT2D eigenvalue weighted by Crippen LogP contribution is 2.10. The average Bonchev–Trinajstić information content (AvgIpc) is 1.96. The van der Waals surface area contributed by atoms with Gasteiger partial charge in [0.15, 0.2) is 0 Å². The van der Waals surface area contributed by atoms with Gasteiger partial charge in [0.05, 0.1) is 0 Å². The number of hydrogen-bond donors (Lipinski definition) is 1. The maximum Gasteiger partial charge on any atom is 0.410 e. The summed E-state index contributed by atoms with van der Waals surface area (Å²) in [5, 5.41) is 0.305. The molecule has 0 N–H and O–H groups in total. The van der Waals surface area contributed by atoms with Gasteiger partial charge in [-0.05, 0) is 27.2 Å². The molecule has 1 amide bonds. The molecule has 0 aromatic carbocycles.